The smallest absolute Gasteiger partial charge is 0.191 e. The molecule has 1 aliphatic rings. The molecule has 0 amide bonds. The fraction of sp³-hybridized carbons (Fsp3) is 0.385. The van der Waals surface area contributed by atoms with Crippen LogP contribution in [0.1, 0.15) is 30.0 Å². The predicted molar refractivity (Wildman–Crippen MR) is 133 cm³/mol. The molecule has 7 heteroatoms. The SMILES string of the molecule is CN=C(NCCc1cnn(-c2ccccc2)c1)NCC(c1ccc(OC)cc1)N1CCCC1. The van der Waals surface area contributed by atoms with Crippen molar-refractivity contribution in [3.8, 4) is 11.4 Å². The third kappa shape index (κ3) is 6.14. The van der Waals surface area contributed by atoms with Crippen molar-refractivity contribution < 1.29 is 4.74 Å². The molecule has 4 rings (SSSR count). The van der Waals surface area contributed by atoms with Crippen LogP contribution in [0.3, 0.4) is 0 Å². The zero-order valence-corrected chi connectivity index (χ0v) is 19.6. The van der Waals surface area contributed by atoms with Gasteiger partial charge in [-0.25, -0.2) is 4.68 Å². The monoisotopic (exact) mass is 446 g/mol. The molecule has 33 heavy (non-hydrogen) atoms. The summed E-state index contributed by atoms with van der Waals surface area (Å²) in [5.41, 5.74) is 3.56. The molecule has 0 bridgehead atoms. The Kier molecular flexibility index (Phi) is 7.98. The lowest BCUT2D eigenvalue weighted by atomic mass is 10.1. The Morgan fingerprint density at radius 1 is 1.06 bits per heavy atom. The maximum Gasteiger partial charge on any atom is 0.191 e. The standard InChI is InChI=1S/C26H34N6O/c1-27-26(28-15-14-21-18-30-32(20-21)23-8-4-3-5-9-23)29-19-25(31-16-6-7-17-31)22-10-12-24(33-2)13-11-22/h3-5,8-13,18,20,25H,6-7,14-17,19H2,1-2H3,(H2,27,28,29). The van der Waals surface area contributed by atoms with Gasteiger partial charge in [-0.15, -0.1) is 0 Å². The lowest BCUT2D eigenvalue weighted by Crippen LogP contribution is -2.43. The number of ether oxygens (including phenoxy) is 1. The number of aliphatic imine (C=N–C) groups is 1. The number of benzene rings is 2. The first-order valence-corrected chi connectivity index (χ1v) is 11.7. The Morgan fingerprint density at radius 2 is 1.82 bits per heavy atom. The van der Waals surface area contributed by atoms with E-state index in [1.54, 1.807) is 7.11 Å². The summed E-state index contributed by atoms with van der Waals surface area (Å²) in [4.78, 5) is 6.98. The topological polar surface area (TPSA) is 66.7 Å². The van der Waals surface area contributed by atoms with Crippen LogP contribution in [-0.2, 0) is 6.42 Å². The first-order chi connectivity index (χ1) is 16.3. The van der Waals surface area contributed by atoms with Crippen LogP contribution in [0.5, 0.6) is 5.75 Å². The summed E-state index contributed by atoms with van der Waals surface area (Å²) in [5.74, 6) is 1.71. The lowest BCUT2D eigenvalue weighted by Gasteiger charge is -2.29. The zero-order chi connectivity index (χ0) is 22.9. The van der Waals surface area contributed by atoms with E-state index in [-0.39, 0.29) is 0 Å². The Bertz CT molecular complexity index is 1010. The molecule has 3 aromatic rings. The lowest BCUT2D eigenvalue weighted by molar-refractivity contribution is 0.245. The molecule has 2 N–H and O–H groups in total. The van der Waals surface area contributed by atoms with Crippen LogP contribution in [0.25, 0.3) is 5.69 Å². The molecule has 0 spiro atoms. The van der Waals surface area contributed by atoms with E-state index in [1.807, 2.05) is 48.3 Å². The van der Waals surface area contributed by atoms with E-state index in [4.69, 9.17) is 4.74 Å². The van der Waals surface area contributed by atoms with E-state index in [2.05, 4.69) is 56.1 Å². The number of aromatic nitrogens is 2. The van der Waals surface area contributed by atoms with Crippen molar-refractivity contribution in [2.75, 3.05) is 40.3 Å². The van der Waals surface area contributed by atoms with Gasteiger partial charge in [0.2, 0.25) is 0 Å². The molecule has 0 saturated carbocycles. The number of para-hydroxylation sites is 1. The average molecular weight is 447 g/mol. The second kappa shape index (κ2) is 11.5. The minimum atomic E-state index is 0.307. The van der Waals surface area contributed by atoms with Gasteiger partial charge in [-0.2, -0.15) is 5.10 Å². The van der Waals surface area contributed by atoms with Crippen molar-refractivity contribution in [2.24, 2.45) is 4.99 Å². The van der Waals surface area contributed by atoms with Crippen LogP contribution in [0.2, 0.25) is 0 Å². The van der Waals surface area contributed by atoms with Crippen LogP contribution < -0.4 is 15.4 Å². The molecule has 1 saturated heterocycles. The summed E-state index contributed by atoms with van der Waals surface area (Å²) in [6, 6.07) is 18.9. The summed E-state index contributed by atoms with van der Waals surface area (Å²) in [7, 11) is 3.53. The van der Waals surface area contributed by atoms with Crippen molar-refractivity contribution in [1.29, 1.82) is 0 Å². The summed E-state index contributed by atoms with van der Waals surface area (Å²) < 4.78 is 7.25. The first-order valence-electron chi connectivity index (χ1n) is 11.7. The number of nitrogens with one attached hydrogen (secondary N) is 2. The quantitative estimate of drug-likeness (QED) is 0.389. The number of hydrogen-bond donors (Lipinski definition) is 2. The highest BCUT2D eigenvalue weighted by Gasteiger charge is 2.23. The zero-order valence-electron chi connectivity index (χ0n) is 19.6. The van der Waals surface area contributed by atoms with Gasteiger partial charge < -0.3 is 15.4 Å². The van der Waals surface area contributed by atoms with Crippen LogP contribution in [0, 0.1) is 0 Å². The van der Waals surface area contributed by atoms with Gasteiger partial charge in [-0.3, -0.25) is 9.89 Å². The van der Waals surface area contributed by atoms with E-state index >= 15 is 0 Å². The molecule has 2 heterocycles. The molecular weight excluding hydrogens is 412 g/mol. The van der Waals surface area contributed by atoms with E-state index in [0.29, 0.717) is 6.04 Å². The van der Waals surface area contributed by atoms with Crippen molar-refractivity contribution in [3.63, 3.8) is 0 Å². The highest BCUT2D eigenvalue weighted by atomic mass is 16.5. The third-order valence-corrected chi connectivity index (χ3v) is 6.13. The average Bonchev–Trinajstić information content (AvgIpc) is 3.57. The highest BCUT2D eigenvalue weighted by molar-refractivity contribution is 5.79. The maximum absolute atomic E-state index is 5.33. The fourth-order valence-electron chi connectivity index (χ4n) is 4.29. The van der Waals surface area contributed by atoms with E-state index in [9.17, 15) is 0 Å². The molecule has 7 nitrogen and oxygen atoms in total. The first kappa shape index (κ1) is 22.9. The van der Waals surface area contributed by atoms with Crippen LogP contribution in [0.15, 0.2) is 72.0 Å². The van der Waals surface area contributed by atoms with Crippen molar-refractivity contribution in [2.45, 2.75) is 25.3 Å². The molecule has 174 valence electrons. The molecule has 0 aliphatic carbocycles. The van der Waals surface area contributed by atoms with Crippen molar-refractivity contribution in [3.05, 3.63) is 78.1 Å². The number of nitrogens with zero attached hydrogens (tertiary/aromatic N) is 4. The number of guanidine groups is 1. The molecule has 2 aromatic carbocycles. The Morgan fingerprint density at radius 3 is 2.52 bits per heavy atom. The highest BCUT2D eigenvalue weighted by Crippen LogP contribution is 2.26. The maximum atomic E-state index is 5.33. The number of rotatable bonds is 9. The predicted octanol–water partition coefficient (Wildman–Crippen LogP) is 3.43. The summed E-state index contributed by atoms with van der Waals surface area (Å²) >= 11 is 0. The number of methoxy groups -OCH3 is 1. The molecule has 1 aliphatic heterocycles. The van der Waals surface area contributed by atoms with Crippen LogP contribution in [0.4, 0.5) is 0 Å². The Hall–Kier alpha value is -3.32. The van der Waals surface area contributed by atoms with E-state index in [0.717, 1.165) is 50.0 Å². The molecular formula is C26H34N6O. The van der Waals surface area contributed by atoms with Gasteiger partial charge in [-0.05, 0) is 67.7 Å². The van der Waals surface area contributed by atoms with Gasteiger partial charge in [0.05, 0.1) is 25.0 Å². The molecule has 0 radical (unpaired) electrons. The number of likely N-dealkylation sites (tertiary alicyclic amines) is 1. The normalized spacial score (nSPS) is 15.4. The Labute approximate surface area is 196 Å². The summed E-state index contributed by atoms with van der Waals surface area (Å²) in [5, 5.41) is 11.5. The van der Waals surface area contributed by atoms with Gasteiger partial charge in [0, 0.05) is 26.3 Å². The van der Waals surface area contributed by atoms with Crippen LogP contribution >= 0.6 is 0 Å². The molecule has 1 aromatic heterocycles. The fourth-order valence-corrected chi connectivity index (χ4v) is 4.29. The van der Waals surface area contributed by atoms with E-state index in [1.165, 1.54) is 24.0 Å². The molecule has 1 atom stereocenters. The van der Waals surface area contributed by atoms with Crippen molar-refractivity contribution >= 4 is 5.96 Å². The second-order valence-electron chi connectivity index (χ2n) is 8.29. The summed E-state index contributed by atoms with van der Waals surface area (Å²) in [6.45, 7) is 3.86. The minimum absolute atomic E-state index is 0.307. The van der Waals surface area contributed by atoms with Crippen molar-refractivity contribution in [1.82, 2.24) is 25.3 Å². The third-order valence-electron chi connectivity index (χ3n) is 6.13. The van der Waals surface area contributed by atoms with E-state index < -0.39 is 0 Å². The minimum Gasteiger partial charge on any atom is -0.497 e. The number of hydrogen-bond acceptors (Lipinski definition) is 4. The van der Waals surface area contributed by atoms with Gasteiger partial charge >= 0.3 is 0 Å². The van der Waals surface area contributed by atoms with Gasteiger partial charge in [0.25, 0.3) is 0 Å². The van der Waals surface area contributed by atoms with Gasteiger partial charge in [0.1, 0.15) is 5.75 Å². The summed E-state index contributed by atoms with van der Waals surface area (Å²) in [6.07, 6.45) is 7.41. The van der Waals surface area contributed by atoms with Gasteiger partial charge in [0.15, 0.2) is 5.96 Å². The van der Waals surface area contributed by atoms with Gasteiger partial charge in [-0.1, -0.05) is 30.3 Å². The molecule has 1 unspecified atom stereocenters. The van der Waals surface area contributed by atoms with Crippen LogP contribution in [-0.4, -0.2) is 61.0 Å². The largest absolute Gasteiger partial charge is 0.497 e. The Balaban J connectivity index is 1.30. The second-order valence-corrected chi connectivity index (χ2v) is 8.29. The molecule has 1 fully saturated rings.